The average Bonchev–Trinajstić information content (AvgIpc) is 3.19. The van der Waals surface area contributed by atoms with Crippen molar-refractivity contribution in [1.29, 1.82) is 0 Å². The summed E-state index contributed by atoms with van der Waals surface area (Å²) in [5, 5.41) is 0.911. The lowest BCUT2D eigenvalue weighted by Gasteiger charge is -2.05. The lowest BCUT2D eigenvalue weighted by Crippen LogP contribution is -2.09. The van der Waals surface area contributed by atoms with Crippen LogP contribution in [0.1, 0.15) is 23.0 Å². The van der Waals surface area contributed by atoms with E-state index in [1.165, 1.54) is 11.3 Å². The molecule has 4 heteroatoms. The minimum absolute atomic E-state index is 0.202. The lowest BCUT2D eigenvalue weighted by molar-refractivity contribution is 0.0519. The van der Waals surface area contributed by atoms with Crippen molar-refractivity contribution in [3.63, 3.8) is 0 Å². The first kappa shape index (κ1) is 14.7. The highest BCUT2D eigenvalue weighted by atomic mass is 16.5. The van der Waals surface area contributed by atoms with E-state index >= 15 is 0 Å². The topological polar surface area (TPSA) is 52.1 Å². The van der Waals surface area contributed by atoms with Crippen LogP contribution < -0.4 is 0 Å². The number of rotatable bonds is 2. The molecule has 4 nitrogen and oxygen atoms in total. The summed E-state index contributed by atoms with van der Waals surface area (Å²) in [5.41, 5.74) is 3.88. The molecule has 2 heterocycles. The second-order valence-corrected chi connectivity index (χ2v) is 4.87. The van der Waals surface area contributed by atoms with Gasteiger partial charge in [-0.25, -0.2) is 9.78 Å². The van der Waals surface area contributed by atoms with Gasteiger partial charge >= 0.3 is 5.97 Å². The minimum atomic E-state index is -0.480. The van der Waals surface area contributed by atoms with Crippen LogP contribution in [-0.2, 0) is 4.74 Å². The quantitative estimate of drug-likeness (QED) is 0.420. The third-order valence-corrected chi connectivity index (χ3v) is 3.32. The molecule has 0 fully saturated rings. The van der Waals surface area contributed by atoms with E-state index in [2.05, 4.69) is 22.0 Å². The highest BCUT2D eigenvalue weighted by Crippen LogP contribution is 2.29. The van der Waals surface area contributed by atoms with E-state index in [4.69, 9.17) is 11.2 Å². The van der Waals surface area contributed by atoms with Crippen LogP contribution in [0.4, 0.5) is 0 Å². The summed E-state index contributed by atoms with van der Waals surface area (Å²) in [4.78, 5) is 19.9. The Bertz CT molecular complexity index is 909. The number of para-hydroxylation sites is 1. The second kappa shape index (κ2) is 6.29. The Kier molecular flexibility index (Phi) is 4.03. The number of nitrogens with zero attached hydrogens (tertiary/aromatic N) is 2. The zero-order chi connectivity index (χ0) is 16.2. The van der Waals surface area contributed by atoms with Crippen LogP contribution in [-0.4, -0.2) is 22.5 Å². The Morgan fingerprint density at radius 2 is 2.09 bits per heavy atom. The van der Waals surface area contributed by atoms with Gasteiger partial charge < -0.3 is 4.74 Å². The van der Waals surface area contributed by atoms with Crippen molar-refractivity contribution in [1.82, 2.24) is 9.97 Å². The number of pyridine rings is 2. The zero-order valence-corrected chi connectivity index (χ0v) is 12.6. The lowest BCUT2D eigenvalue weighted by atomic mass is 10.1. The smallest absolute Gasteiger partial charge is 0.358 e. The van der Waals surface area contributed by atoms with E-state index in [-0.39, 0.29) is 5.69 Å². The van der Waals surface area contributed by atoms with E-state index in [0.717, 1.165) is 10.9 Å². The van der Waals surface area contributed by atoms with Crippen LogP contribution in [0.25, 0.3) is 22.2 Å². The van der Waals surface area contributed by atoms with Gasteiger partial charge in [-0.2, -0.15) is 0 Å². The van der Waals surface area contributed by atoms with Gasteiger partial charge in [-0.1, -0.05) is 24.1 Å². The maximum atomic E-state index is 11.7. The van der Waals surface area contributed by atoms with Crippen LogP contribution >= 0.6 is 0 Å². The molecule has 1 aliphatic heterocycles. The van der Waals surface area contributed by atoms with Gasteiger partial charge in [0.25, 0.3) is 0 Å². The molecule has 0 spiro atoms. The van der Waals surface area contributed by atoms with E-state index in [9.17, 15) is 4.79 Å². The molecule has 1 aromatic heterocycles. The first-order valence-electron chi connectivity index (χ1n) is 7.23. The maximum Gasteiger partial charge on any atom is 0.358 e. The summed E-state index contributed by atoms with van der Waals surface area (Å²) >= 11 is 0. The number of terminal acetylenes is 1. The van der Waals surface area contributed by atoms with Gasteiger partial charge in [0, 0.05) is 17.1 Å². The first-order valence-corrected chi connectivity index (χ1v) is 7.23. The molecular formula is C19H14N2O2. The molecular weight excluding hydrogens is 288 g/mol. The predicted octanol–water partition coefficient (Wildman–Crippen LogP) is 3.45. The van der Waals surface area contributed by atoms with Crippen molar-refractivity contribution in [2.45, 2.75) is 6.92 Å². The fourth-order valence-electron chi connectivity index (χ4n) is 2.14. The summed E-state index contributed by atoms with van der Waals surface area (Å²) in [6.45, 7) is 2.05. The number of carbonyl (C=O) groups is 1. The monoisotopic (exact) mass is 302 g/mol. The van der Waals surface area contributed by atoms with E-state index in [0.29, 0.717) is 12.2 Å². The van der Waals surface area contributed by atoms with Crippen molar-refractivity contribution in [2.24, 2.45) is 0 Å². The van der Waals surface area contributed by atoms with Gasteiger partial charge in [0.15, 0.2) is 5.69 Å². The van der Waals surface area contributed by atoms with Crippen molar-refractivity contribution < 1.29 is 9.53 Å². The highest BCUT2D eigenvalue weighted by Gasteiger charge is 2.14. The molecule has 0 saturated heterocycles. The van der Waals surface area contributed by atoms with E-state index in [1.807, 2.05) is 36.5 Å². The largest absolute Gasteiger partial charge is 0.461 e. The fraction of sp³-hybridized carbons (Fsp3) is 0.105. The molecule has 23 heavy (non-hydrogen) atoms. The Morgan fingerprint density at radius 1 is 1.26 bits per heavy atom. The molecule has 112 valence electrons. The van der Waals surface area contributed by atoms with Gasteiger partial charge in [0.2, 0.25) is 0 Å². The minimum Gasteiger partial charge on any atom is -0.461 e. The molecule has 1 aliphatic carbocycles. The van der Waals surface area contributed by atoms with E-state index in [1.54, 1.807) is 13.0 Å². The molecule has 0 radical (unpaired) electrons. The van der Waals surface area contributed by atoms with E-state index < -0.39 is 5.97 Å². The number of ether oxygens (including phenoxy) is 1. The number of carbonyl (C=O) groups excluding carboxylic acids is 1. The van der Waals surface area contributed by atoms with Gasteiger partial charge in [0.05, 0.1) is 23.4 Å². The molecule has 0 unspecified atom stereocenters. The number of benzene rings is 1. The van der Waals surface area contributed by atoms with Gasteiger partial charge in [-0.15, -0.1) is 6.42 Å². The third-order valence-electron chi connectivity index (χ3n) is 3.32. The van der Waals surface area contributed by atoms with Crippen LogP contribution in [0.5, 0.6) is 0 Å². The number of esters is 1. The summed E-state index contributed by atoms with van der Waals surface area (Å²) in [7, 11) is 0. The van der Waals surface area contributed by atoms with Crippen LogP contribution in [0.15, 0.2) is 48.7 Å². The van der Waals surface area contributed by atoms with Crippen molar-refractivity contribution in [2.75, 3.05) is 6.61 Å². The molecule has 2 aliphatic rings. The maximum absolute atomic E-state index is 11.7. The number of hydrogen-bond donors (Lipinski definition) is 0. The first-order chi connectivity index (χ1) is 11.2. The Balaban J connectivity index is 0.000000213. The van der Waals surface area contributed by atoms with Crippen molar-refractivity contribution in [3.8, 4) is 23.6 Å². The average molecular weight is 302 g/mol. The molecule has 1 aromatic carbocycles. The molecule has 0 bridgehead atoms. The fourth-order valence-corrected chi connectivity index (χ4v) is 2.14. The highest BCUT2D eigenvalue weighted by molar-refractivity contribution is 5.94. The third kappa shape index (κ3) is 3.19. The second-order valence-electron chi connectivity index (χ2n) is 4.87. The van der Waals surface area contributed by atoms with Crippen molar-refractivity contribution in [3.05, 3.63) is 59.9 Å². The summed E-state index contributed by atoms with van der Waals surface area (Å²) in [6, 6.07) is 13.3. The Hall–Kier alpha value is -3.19. The zero-order valence-electron chi connectivity index (χ0n) is 12.6. The molecule has 0 saturated carbocycles. The molecule has 0 N–H and O–H groups in total. The standard InChI is InChI=1S/C14H11NO2.C5H3N/c1-3-10-9-11-7-5-6-8-12(11)15-13(10)14(16)17-4-2;1-2-6-5-3-4(1)5/h1,5-9H,4H2,2H3;1-3H. The number of hydrogen-bond acceptors (Lipinski definition) is 4. The summed E-state index contributed by atoms with van der Waals surface area (Å²) in [6.07, 6.45) is 7.20. The Labute approximate surface area is 134 Å². The molecule has 0 atom stereocenters. The van der Waals surface area contributed by atoms with Crippen LogP contribution in [0.3, 0.4) is 0 Å². The Morgan fingerprint density at radius 3 is 2.65 bits per heavy atom. The number of fused-ring (bicyclic) bond motifs is 2. The number of aromatic nitrogens is 2. The van der Waals surface area contributed by atoms with Crippen LogP contribution in [0, 0.1) is 12.3 Å². The van der Waals surface area contributed by atoms with Gasteiger partial charge in [0.1, 0.15) is 0 Å². The molecule has 4 rings (SSSR count). The van der Waals surface area contributed by atoms with Crippen molar-refractivity contribution >= 4 is 16.9 Å². The SMILES string of the molecule is C#Cc1cc2ccccc2nc1C(=O)OCC.c1cc2cc-2n1. The summed E-state index contributed by atoms with van der Waals surface area (Å²) < 4.78 is 4.92. The molecule has 2 aromatic rings. The normalized spacial score (nSPS) is 10.3. The molecule has 0 amide bonds. The van der Waals surface area contributed by atoms with Gasteiger partial charge in [-0.05, 0) is 31.2 Å². The van der Waals surface area contributed by atoms with Crippen LogP contribution in [0.2, 0.25) is 0 Å². The van der Waals surface area contributed by atoms with Gasteiger partial charge in [-0.3, -0.25) is 4.98 Å². The summed E-state index contributed by atoms with van der Waals surface area (Å²) in [5.74, 6) is 1.98. The predicted molar refractivity (Wildman–Crippen MR) is 88.9 cm³/mol.